The highest BCUT2D eigenvalue weighted by Gasteiger charge is 2.46. The summed E-state index contributed by atoms with van der Waals surface area (Å²) in [5, 5.41) is 4.33. The van der Waals surface area contributed by atoms with E-state index in [1.807, 2.05) is 0 Å². The summed E-state index contributed by atoms with van der Waals surface area (Å²) in [7, 11) is 0. The zero-order valence-electron chi connectivity index (χ0n) is 11.5. The lowest BCUT2D eigenvalue weighted by atomic mass is 10.1. The molecule has 1 amide bonds. The van der Waals surface area contributed by atoms with Crippen LogP contribution >= 0.6 is 11.3 Å². The maximum atomic E-state index is 13.7. The fourth-order valence-electron chi connectivity index (χ4n) is 2.49. The second kappa shape index (κ2) is 5.96. The van der Waals surface area contributed by atoms with E-state index in [0.29, 0.717) is 11.3 Å². The van der Waals surface area contributed by atoms with Gasteiger partial charge in [0.05, 0.1) is 11.4 Å². The third kappa shape index (κ3) is 2.92. The quantitative estimate of drug-likeness (QED) is 0.860. The van der Waals surface area contributed by atoms with E-state index in [0.717, 1.165) is 0 Å². The number of carbonyl (C=O) groups is 2. The minimum absolute atomic E-state index is 0.0350. The molecule has 1 aromatic carbocycles. The van der Waals surface area contributed by atoms with Gasteiger partial charge in [0.25, 0.3) is 0 Å². The molecule has 0 bridgehead atoms. The summed E-state index contributed by atoms with van der Waals surface area (Å²) < 4.78 is 27.3. The Morgan fingerprint density at radius 2 is 1.91 bits per heavy atom. The van der Waals surface area contributed by atoms with Crippen molar-refractivity contribution in [3.63, 3.8) is 0 Å². The number of benzene rings is 1. The predicted molar refractivity (Wildman–Crippen MR) is 78.9 cm³/mol. The molecule has 0 radical (unpaired) electrons. The van der Waals surface area contributed by atoms with Gasteiger partial charge in [0.1, 0.15) is 11.6 Å². The number of ketones is 1. The van der Waals surface area contributed by atoms with Crippen LogP contribution in [0.5, 0.6) is 0 Å². The molecule has 0 spiro atoms. The van der Waals surface area contributed by atoms with Crippen LogP contribution in [0.4, 0.5) is 8.78 Å². The number of nitrogens with one attached hydrogen (secondary N) is 1. The number of amides is 1. The number of Topliss-reactive ketones (excluding diaryl/α,β-unsaturated/α-hetero) is 1. The third-order valence-corrected chi connectivity index (χ3v) is 4.63. The maximum Gasteiger partial charge on any atom is 0.224 e. The Bertz CT molecular complexity index is 695. The van der Waals surface area contributed by atoms with Gasteiger partial charge in [-0.25, -0.2) is 8.78 Å². The average Bonchev–Trinajstić information content (AvgIpc) is 3.07. The molecular formula is C16H13F2NO2S. The monoisotopic (exact) mass is 321 g/mol. The van der Waals surface area contributed by atoms with Crippen LogP contribution in [0.2, 0.25) is 0 Å². The lowest BCUT2D eigenvalue weighted by Gasteiger charge is -2.05. The zero-order valence-corrected chi connectivity index (χ0v) is 12.3. The Labute approximate surface area is 130 Å². The Balaban J connectivity index is 1.58. The summed E-state index contributed by atoms with van der Waals surface area (Å²) in [5.74, 6) is -2.68. The molecule has 114 valence electrons. The van der Waals surface area contributed by atoms with Crippen molar-refractivity contribution in [1.82, 2.24) is 5.32 Å². The highest BCUT2D eigenvalue weighted by atomic mass is 32.1. The van der Waals surface area contributed by atoms with Crippen LogP contribution in [-0.2, 0) is 4.79 Å². The molecule has 1 aromatic heterocycles. The molecule has 3 rings (SSSR count). The molecule has 3 nitrogen and oxygen atoms in total. The molecule has 1 fully saturated rings. The van der Waals surface area contributed by atoms with E-state index < -0.39 is 23.5 Å². The number of thiophene rings is 1. The topological polar surface area (TPSA) is 46.2 Å². The third-order valence-electron chi connectivity index (χ3n) is 3.72. The lowest BCUT2D eigenvalue weighted by molar-refractivity contribution is -0.122. The first kappa shape index (κ1) is 14.8. The van der Waals surface area contributed by atoms with Gasteiger partial charge < -0.3 is 5.32 Å². The van der Waals surface area contributed by atoms with E-state index in [-0.39, 0.29) is 23.8 Å². The average molecular weight is 321 g/mol. The molecule has 1 saturated carbocycles. The van der Waals surface area contributed by atoms with Gasteiger partial charge in [0.15, 0.2) is 5.78 Å². The van der Waals surface area contributed by atoms with Crippen molar-refractivity contribution in [3.8, 4) is 0 Å². The Morgan fingerprint density at radius 3 is 2.55 bits per heavy atom. The summed E-state index contributed by atoms with van der Waals surface area (Å²) >= 11 is 1.31. The largest absolute Gasteiger partial charge is 0.348 e. The summed E-state index contributed by atoms with van der Waals surface area (Å²) in [6, 6.07) is 7.12. The predicted octanol–water partition coefficient (Wildman–Crippen LogP) is 3.13. The van der Waals surface area contributed by atoms with Gasteiger partial charge in [0.2, 0.25) is 5.91 Å². The second-order valence-electron chi connectivity index (χ2n) is 5.20. The van der Waals surface area contributed by atoms with E-state index in [2.05, 4.69) is 5.32 Å². The molecule has 1 heterocycles. The van der Waals surface area contributed by atoms with E-state index in [1.54, 1.807) is 17.5 Å². The fourth-order valence-corrected chi connectivity index (χ4v) is 3.16. The van der Waals surface area contributed by atoms with Crippen LogP contribution in [0.15, 0.2) is 35.7 Å². The minimum atomic E-state index is -0.630. The number of rotatable bonds is 5. The number of hydrogen-bond donors (Lipinski definition) is 1. The van der Waals surface area contributed by atoms with Crippen molar-refractivity contribution in [2.45, 2.75) is 12.3 Å². The number of hydrogen-bond acceptors (Lipinski definition) is 3. The Hall–Kier alpha value is -2.08. The molecule has 1 N–H and O–H groups in total. The number of halogens is 2. The van der Waals surface area contributed by atoms with Crippen LogP contribution in [0.3, 0.4) is 0 Å². The van der Waals surface area contributed by atoms with Gasteiger partial charge in [-0.15, -0.1) is 11.3 Å². The summed E-state index contributed by atoms with van der Waals surface area (Å²) in [6.45, 7) is -0.0949. The molecular weight excluding hydrogens is 308 g/mol. The fraction of sp³-hybridized carbons (Fsp3) is 0.250. The lowest BCUT2D eigenvalue weighted by Crippen LogP contribution is -2.30. The summed E-state index contributed by atoms with van der Waals surface area (Å²) in [4.78, 5) is 24.3. The first-order valence-corrected chi connectivity index (χ1v) is 7.74. The van der Waals surface area contributed by atoms with Gasteiger partial charge in [-0.05, 0) is 30.0 Å². The molecule has 1 aliphatic rings. The molecule has 1 aliphatic carbocycles. The summed E-state index contributed by atoms with van der Waals surface area (Å²) in [5.41, 5.74) is -0.0350. The van der Waals surface area contributed by atoms with Crippen molar-refractivity contribution >= 4 is 23.0 Å². The van der Waals surface area contributed by atoms with Crippen LogP contribution in [-0.4, -0.2) is 18.2 Å². The molecule has 2 atom stereocenters. The first-order valence-electron chi connectivity index (χ1n) is 6.86. The maximum absolute atomic E-state index is 13.7. The smallest absolute Gasteiger partial charge is 0.224 e. The van der Waals surface area contributed by atoms with Gasteiger partial charge >= 0.3 is 0 Å². The van der Waals surface area contributed by atoms with Crippen molar-refractivity contribution < 1.29 is 18.4 Å². The minimum Gasteiger partial charge on any atom is -0.348 e. The van der Waals surface area contributed by atoms with Crippen molar-refractivity contribution in [3.05, 3.63) is 57.8 Å². The zero-order chi connectivity index (χ0) is 15.7. The van der Waals surface area contributed by atoms with E-state index >= 15 is 0 Å². The van der Waals surface area contributed by atoms with E-state index in [9.17, 15) is 18.4 Å². The van der Waals surface area contributed by atoms with Crippen LogP contribution < -0.4 is 5.32 Å². The summed E-state index contributed by atoms with van der Waals surface area (Å²) in [6.07, 6.45) is 0.400. The van der Waals surface area contributed by atoms with Crippen molar-refractivity contribution in [2.75, 3.05) is 6.54 Å². The molecule has 6 heteroatoms. The SMILES string of the molecule is O=C(CNC(=O)[C@H]1C[C@H]1c1c(F)cccc1F)c1cccs1. The highest BCUT2D eigenvalue weighted by Crippen LogP contribution is 2.49. The van der Waals surface area contributed by atoms with Gasteiger partial charge in [-0.2, -0.15) is 0 Å². The van der Waals surface area contributed by atoms with Crippen LogP contribution in [0.25, 0.3) is 0 Å². The van der Waals surface area contributed by atoms with E-state index in [4.69, 9.17) is 0 Å². The van der Waals surface area contributed by atoms with Crippen LogP contribution in [0, 0.1) is 17.6 Å². The normalized spacial score (nSPS) is 19.7. The molecule has 2 aromatic rings. The number of carbonyl (C=O) groups excluding carboxylic acids is 2. The Morgan fingerprint density at radius 1 is 1.18 bits per heavy atom. The molecule has 0 aliphatic heterocycles. The van der Waals surface area contributed by atoms with Gasteiger partial charge in [0, 0.05) is 17.4 Å². The standard InChI is InChI=1S/C16H13F2NO2S/c17-11-3-1-4-12(18)15(11)9-7-10(9)16(21)19-8-13(20)14-5-2-6-22-14/h1-6,9-10H,7-8H2,(H,19,21)/t9-,10+/m1/s1. The molecule has 0 saturated heterocycles. The second-order valence-corrected chi connectivity index (χ2v) is 6.15. The Kier molecular flexibility index (Phi) is 4.02. The highest BCUT2D eigenvalue weighted by molar-refractivity contribution is 7.12. The molecule has 22 heavy (non-hydrogen) atoms. The first-order chi connectivity index (χ1) is 10.6. The van der Waals surface area contributed by atoms with Crippen molar-refractivity contribution in [1.29, 1.82) is 0 Å². The van der Waals surface area contributed by atoms with Gasteiger partial charge in [-0.1, -0.05) is 12.1 Å². The van der Waals surface area contributed by atoms with Gasteiger partial charge in [-0.3, -0.25) is 9.59 Å². The van der Waals surface area contributed by atoms with Crippen molar-refractivity contribution in [2.24, 2.45) is 5.92 Å². The van der Waals surface area contributed by atoms with E-state index in [1.165, 1.54) is 29.5 Å². The van der Waals surface area contributed by atoms with Crippen LogP contribution in [0.1, 0.15) is 27.6 Å². The molecule has 0 unspecified atom stereocenters.